The van der Waals surface area contributed by atoms with Gasteiger partial charge in [0.2, 0.25) is 0 Å². The summed E-state index contributed by atoms with van der Waals surface area (Å²) in [7, 11) is 2.04. The summed E-state index contributed by atoms with van der Waals surface area (Å²) in [6.07, 6.45) is 13.7. The zero-order chi connectivity index (χ0) is 17.0. The van der Waals surface area contributed by atoms with Crippen LogP contribution in [0.5, 0.6) is 11.5 Å². The number of ether oxygens (including phenoxy) is 2. The molecule has 2 nitrogen and oxygen atoms in total. The fourth-order valence-corrected chi connectivity index (χ4v) is 9.80. The first kappa shape index (κ1) is 18.1. The van der Waals surface area contributed by atoms with Gasteiger partial charge in [-0.1, -0.05) is 20.1 Å². The van der Waals surface area contributed by atoms with E-state index >= 15 is 0 Å². The highest BCUT2D eigenvalue weighted by molar-refractivity contribution is 7.85. The van der Waals surface area contributed by atoms with Gasteiger partial charge < -0.3 is 9.47 Å². The Hall–Kier alpha value is -0.750. The fraction of sp³-hybridized carbons (Fsp3) is 0.667. The van der Waals surface area contributed by atoms with E-state index in [-0.39, 0.29) is 0 Å². The second kappa shape index (κ2) is 8.09. The maximum atomic E-state index is 5.80. The summed E-state index contributed by atoms with van der Waals surface area (Å²) in [5.74, 6) is 1.99. The molecule has 0 unspecified atom stereocenters. The van der Waals surface area contributed by atoms with Crippen LogP contribution in [-0.4, -0.2) is 25.5 Å². The van der Waals surface area contributed by atoms with Crippen LogP contribution in [0.4, 0.5) is 0 Å². The summed E-state index contributed by atoms with van der Waals surface area (Å²) in [4.78, 5) is 0. The van der Waals surface area contributed by atoms with Gasteiger partial charge in [-0.3, -0.25) is 0 Å². The molecule has 2 fully saturated rings. The van der Waals surface area contributed by atoms with E-state index in [0.29, 0.717) is 0 Å². The Morgan fingerprint density at radius 2 is 1.38 bits per heavy atom. The molecule has 24 heavy (non-hydrogen) atoms. The lowest BCUT2D eigenvalue weighted by molar-refractivity contribution is 0.405. The molecule has 0 heterocycles. The molecule has 0 bridgehead atoms. The summed E-state index contributed by atoms with van der Waals surface area (Å²) < 4.78 is 11.4. The topological polar surface area (TPSA) is 18.5 Å². The largest absolute Gasteiger partial charge is 0.497 e. The molecule has 2 saturated carbocycles. The van der Waals surface area contributed by atoms with Crippen LogP contribution in [0.15, 0.2) is 18.2 Å². The highest BCUT2D eigenvalue weighted by atomic mass is 31.2. The van der Waals surface area contributed by atoms with Crippen molar-refractivity contribution in [3.05, 3.63) is 24.9 Å². The third kappa shape index (κ3) is 3.45. The van der Waals surface area contributed by atoms with Crippen LogP contribution in [0.2, 0.25) is 0 Å². The molecular weight excluding hydrogens is 315 g/mol. The first-order valence-electron chi connectivity index (χ1n) is 9.65. The van der Waals surface area contributed by atoms with Gasteiger partial charge in [-0.05, 0) is 63.5 Å². The van der Waals surface area contributed by atoms with E-state index in [4.69, 9.17) is 16.1 Å². The standard InChI is InChI=1S/C21H33O2P/c1-22-17-14-15-20(23-2)21(16-17)24(3,18-10-6-4-7-11-18)19-12-8-5-9-13-19/h14-16,18-19H,3-13H2,1-2H3. The Morgan fingerprint density at radius 3 is 1.83 bits per heavy atom. The monoisotopic (exact) mass is 348 g/mol. The minimum atomic E-state index is -1.52. The summed E-state index contributed by atoms with van der Waals surface area (Å²) in [5.41, 5.74) is 1.55. The van der Waals surface area contributed by atoms with Crippen LogP contribution in [0.1, 0.15) is 64.2 Å². The molecule has 0 aliphatic heterocycles. The van der Waals surface area contributed by atoms with E-state index in [9.17, 15) is 0 Å². The van der Waals surface area contributed by atoms with Crippen molar-refractivity contribution in [3.63, 3.8) is 0 Å². The number of benzene rings is 1. The Labute approximate surface area is 148 Å². The van der Waals surface area contributed by atoms with E-state index in [2.05, 4.69) is 12.1 Å². The van der Waals surface area contributed by atoms with Gasteiger partial charge in [-0.15, -0.1) is 0 Å². The summed E-state index contributed by atoms with van der Waals surface area (Å²) in [6.45, 7) is 5.05. The normalized spacial score (nSPS) is 20.8. The average molecular weight is 348 g/mol. The zero-order valence-corrected chi connectivity index (χ0v) is 16.3. The van der Waals surface area contributed by atoms with E-state index in [1.165, 1.54) is 69.5 Å². The van der Waals surface area contributed by atoms with Crippen LogP contribution in [-0.2, 0) is 0 Å². The Balaban J connectivity index is 2.06. The molecule has 0 N–H and O–H groups in total. The first-order valence-corrected chi connectivity index (χ1v) is 11.8. The van der Waals surface area contributed by atoms with Crippen molar-refractivity contribution in [1.29, 1.82) is 0 Å². The lowest BCUT2D eigenvalue weighted by Crippen LogP contribution is -2.33. The molecule has 0 amide bonds. The summed E-state index contributed by atoms with van der Waals surface area (Å²) in [6, 6.07) is 6.37. The van der Waals surface area contributed by atoms with E-state index < -0.39 is 7.26 Å². The first-order chi connectivity index (χ1) is 11.7. The smallest absolute Gasteiger partial charge is 0.158 e. The average Bonchev–Trinajstić information content (AvgIpc) is 2.68. The second-order valence-electron chi connectivity index (χ2n) is 7.55. The zero-order valence-electron chi connectivity index (χ0n) is 15.4. The molecule has 134 valence electrons. The third-order valence-corrected chi connectivity index (χ3v) is 11.2. The molecule has 0 aromatic heterocycles. The van der Waals surface area contributed by atoms with Crippen molar-refractivity contribution in [2.24, 2.45) is 0 Å². The molecule has 0 spiro atoms. The van der Waals surface area contributed by atoms with E-state index in [1.807, 2.05) is 6.07 Å². The number of rotatable bonds is 5. The predicted molar refractivity (Wildman–Crippen MR) is 105 cm³/mol. The lowest BCUT2D eigenvalue weighted by atomic mass is 9.99. The van der Waals surface area contributed by atoms with Gasteiger partial charge in [0.05, 0.1) is 14.2 Å². The maximum absolute atomic E-state index is 5.80. The van der Waals surface area contributed by atoms with Gasteiger partial charge in [-0.2, -0.15) is 6.66 Å². The van der Waals surface area contributed by atoms with Gasteiger partial charge in [0.15, 0.2) is 5.75 Å². The molecule has 3 rings (SSSR count). The quantitative estimate of drug-likeness (QED) is 0.494. The van der Waals surface area contributed by atoms with E-state index in [1.54, 1.807) is 14.2 Å². The number of hydrogen-bond donors (Lipinski definition) is 0. The van der Waals surface area contributed by atoms with Crippen molar-refractivity contribution >= 4 is 12.6 Å². The number of methoxy groups -OCH3 is 2. The SMILES string of the molecule is [CH2-][P+](c1cc(OC)ccc1OC)(C1CCCCC1)C1CCCCC1. The van der Waals surface area contributed by atoms with E-state index in [0.717, 1.165) is 22.8 Å². The number of hydrogen-bond acceptors (Lipinski definition) is 2. The van der Waals surface area contributed by atoms with Crippen LogP contribution in [0, 0.1) is 6.66 Å². The molecule has 0 radical (unpaired) electrons. The molecule has 2 aliphatic rings. The second-order valence-corrected chi connectivity index (χ2v) is 11.4. The molecule has 0 saturated heterocycles. The van der Waals surface area contributed by atoms with Crippen LogP contribution >= 0.6 is 7.26 Å². The third-order valence-electron chi connectivity index (χ3n) is 6.29. The van der Waals surface area contributed by atoms with Gasteiger partial charge in [0, 0.05) is 17.4 Å². The van der Waals surface area contributed by atoms with Crippen molar-refractivity contribution in [2.45, 2.75) is 75.5 Å². The molecule has 3 heteroatoms. The van der Waals surface area contributed by atoms with Gasteiger partial charge in [0.25, 0.3) is 0 Å². The predicted octanol–water partition coefficient (Wildman–Crippen LogP) is 5.80. The van der Waals surface area contributed by atoms with Crippen molar-refractivity contribution < 1.29 is 9.47 Å². The summed E-state index contributed by atoms with van der Waals surface area (Å²) in [5, 5.41) is 1.39. The lowest BCUT2D eigenvalue weighted by Gasteiger charge is -2.47. The fourth-order valence-electron chi connectivity index (χ4n) is 4.90. The highest BCUT2D eigenvalue weighted by Gasteiger charge is 2.46. The molecule has 1 aromatic carbocycles. The Bertz CT molecular complexity index is 513. The molecule has 0 atom stereocenters. The van der Waals surface area contributed by atoms with Crippen LogP contribution in [0.25, 0.3) is 0 Å². The molecule has 2 aliphatic carbocycles. The van der Waals surface area contributed by atoms with Gasteiger partial charge in [-0.25, -0.2) is 0 Å². The highest BCUT2D eigenvalue weighted by Crippen LogP contribution is 2.71. The van der Waals surface area contributed by atoms with Gasteiger partial charge in [0.1, 0.15) is 11.1 Å². The van der Waals surface area contributed by atoms with Crippen LogP contribution in [0.3, 0.4) is 0 Å². The Kier molecular flexibility index (Phi) is 6.08. The van der Waals surface area contributed by atoms with Gasteiger partial charge >= 0.3 is 0 Å². The minimum Gasteiger partial charge on any atom is -0.497 e. The van der Waals surface area contributed by atoms with Crippen molar-refractivity contribution in [1.82, 2.24) is 0 Å². The molecule has 1 aromatic rings. The Morgan fingerprint density at radius 1 is 0.833 bits per heavy atom. The van der Waals surface area contributed by atoms with Crippen molar-refractivity contribution in [2.75, 3.05) is 14.2 Å². The summed E-state index contributed by atoms with van der Waals surface area (Å²) >= 11 is 0. The molecular formula is C21H33O2P. The van der Waals surface area contributed by atoms with Crippen molar-refractivity contribution in [3.8, 4) is 11.5 Å². The maximum Gasteiger partial charge on any atom is 0.158 e. The minimum absolute atomic E-state index is 0.773. The van der Waals surface area contributed by atoms with Crippen LogP contribution < -0.4 is 14.8 Å².